The molecule has 3 rings (SSSR count). The molecule has 0 aromatic rings. The first-order chi connectivity index (χ1) is 60.6. The van der Waals surface area contributed by atoms with E-state index in [2.05, 4.69) is 69.1 Å². The summed E-state index contributed by atoms with van der Waals surface area (Å²) in [4.78, 5) is 285. The number of nitrogens with zero attached hydrogens (tertiary/aromatic N) is 3. The van der Waals surface area contributed by atoms with Crippen LogP contribution in [0.4, 0.5) is 0 Å². The molecule has 15 atom stereocenters. The second-order valence-corrected chi connectivity index (χ2v) is 32.3. The van der Waals surface area contributed by atoms with Crippen molar-refractivity contribution in [1.82, 2.24) is 83.8 Å². The summed E-state index contributed by atoms with van der Waals surface area (Å²) in [5.74, 6) is -23.6. The number of carboxylic acid groups (broad SMARTS) is 5. The number of nitrogens with one attached hydrogen (secondary N) is 13. The van der Waals surface area contributed by atoms with Crippen LogP contribution in [0.3, 0.4) is 0 Å². The Kier molecular flexibility index (Phi) is 50.3. The number of carbonyl (C=O) groups excluding carboxylic acids is 16. The van der Waals surface area contributed by atoms with Crippen LogP contribution in [-0.2, 0) is 101 Å². The lowest BCUT2D eigenvalue weighted by Gasteiger charge is -2.33. The quantitative estimate of drug-likeness (QED) is 0.0252. The molecule has 722 valence electrons. The maximum absolute atomic E-state index is 14.8. The Bertz CT molecular complexity index is 3800. The predicted molar refractivity (Wildman–Crippen MR) is 450 cm³/mol. The van der Waals surface area contributed by atoms with Crippen LogP contribution in [-0.4, -0.2) is 338 Å². The van der Waals surface area contributed by atoms with Gasteiger partial charge in [0, 0.05) is 45.3 Å². The molecule has 3 fully saturated rings. The van der Waals surface area contributed by atoms with E-state index in [0.29, 0.717) is 25.7 Å². The SMILES string of the molecule is CC(C)[C@H](NC(=O)[C@@H]1CCCN1C(=O)[C@H](CO)NC(=O)[C@H](CCCCN)NC(=O)[C@@H]1CCCN1C(=O)[C@@H](NC(=O)[C@@H]1CCCN1C(=O)[C@H](CO)NC(=O)[C@H](CCCCN)NC(=O)CNC(=O)[C@H](CCCCN)NC(=O)[C@H](CCC(=O)O)NC(=O)[C@@H](N)CCC(=O)O)C(C)C)C(=O)N[C@@H](CCC(=O)O)C(=O)N[C@@H](CCC(=O)O)C(=O)N[C@@H](CCCCN)C(=O)NCC(=O)O. The number of unbranched alkanes of at least 4 members (excludes halogenated alkanes) is 4. The van der Waals surface area contributed by atoms with Gasteiger partial charge in [0.15, 0.2) is 0 Å². The van der Waals surface area contributed by atoms with Crippen molar-refractivity contribution >= 4 is 124 Å². The summed E-state index contributed by atoms with van der Waals surface area (Å²) >= 11 is 0. The van der Waals surface area contributed by atoms with E-state index in [1.54, 1.807) is 13.8 Å². The zero-order valence-corrected chi connectivity index (χ0v) is 72.9. The number of hydrogen-bond donors (Lipinski definition) is 25. The van der Waals surface area contributed by atoms with Crippen LogP contribution < -0.4 is 97.8 Å². The number of amides is 16. The van der Waals surface area contributed by atoms with Gasteiger partial charge in [-0.1, -0.05) is 27.7 Å². The maximum Gasteiger partial charge on any atom is 0.322 e. The molecule has 0 aliphatic carbocycles. The van der Waals surface area contributed by atoms with E-state index in [1.807, 2.05) is 0 Å². The number of aliphatic carboxylic acids is 5. The van der Waals surface area contributed by atoms with Crippen LogP contribution in [0, 0.1) is 11.8 Å². The molecular weight excluding hydrogens is 1690 g/mol. The Labute approximate surface area is 739 Å². The zero-order valence-electron chi connectivity index (χ0n) is 72.9. The topological polar surface area (TPSA) is 796 Å². The summed E-state index contributed by atoms with van der Waals surface area (Å²) < 4.78 is 0. The Morgan fingerprint density at radius 3 is 0.914 bits per heavy atom. The fraction of sp³-hybridized carbons (Fsp3) is 0.734. The van der Waals surface area contributed by atoms with Gasteiger partial charge in [0.1, 0.15) is 91.1 Å². The van der Waals surface area contributed by atoms with Crippen LogP contribution in [0.15, 0.2) is 0 Å². The van der Waals surface area contributed by atoms with Gasteiger partial charge in [-0.05, 0) is 179 Å². The molecule has 3 aliphatic heterocycles. The number of rotatable bonds is 62. The number of carbonyl (C=O) groups is 21. The number of likely N-dealkylation sites (tertiary alicyclic amines) is 3. The molecule has 0 aromatic heterocycles. The van der Waals surface area contributed by atoms with Crippen molar-refractivity contribution in [2.45, 2.75) is 285 Å². The third-order valence-electron chi connectivity index (χ3n) is 21.6. The zero-order chi connectivity index (χ0) is 96.0. The summed E-state index contributed by atoms with van der Waals surface area (Å²) in [5.41, 5.74) is 28.6. The molecule has 0 unspecified atom stereocenters. The fourth-order valence-corrected chi connectivity index (χ4v) is 14.5. The first kappa shape index (κ1) is 111. The van der Waals surface area contributed by atoms with E-state index in [9.17, 15) is 126 Å². The Hall–Kier alpha value is -11.4. The Balaban J connectivity index is 1.79. The van der Waals surface area contributed by atoms with Crippen molar-refractivity contribution in [3.63, 3.8) is 0 Å². The average Bonchev–Trinajstić information content (AvgIpc) is 1.64. The highest BCUT2D eigenvalue weighted by Gasteiger charge is 2.46. The van der Waals surface area contributed by atoms with E-state index in [4.69, 9.17) is 38.9 Å². The molecule has 0 saturated carbocycles. The second kappa shape index (κ2) is 58.1. The first-order valence-corrected chi connectivity index (χ1v) is 43.3. The first-order valence-electron chi connectivity index (χ1n) is 43.3. The van der Waals surface area contributed by atoms with E-state index in [-0.39, 0.29) is 142 Å². The number of nitrogens with two attached hydrogens (primary N) is 5. The lowest BCUT2D eigenvalue weighted by Crippen LogP contribution is -2.61. The summed E-state index contributed by atoms with van der Waals surface area (Å²) in [6.07, 6.45) is -1.69. The molecular formula is C79H133N21O28. The summed E-state index contributed by atoms with van der Waals surface area (Å²) in [7, 11) is 0. The normalized spacial score (nSPS) is 17.6. The highest BCUT2D eigenvalue weighted by atomic mass is 16.4. The minimum atomic E-state index is -1.78. The number of aliphatic hydroxyl groups excluding tert-OH is 2. The van der Waals surface area contributed by atoms with Crippen molar-refractivity contribution in [2.75, 3.05) is 72.1 Å². The molecule has 3 saturated heterocycles. The highest BCUT2D eigenvalue weighted by molar-refractivity contribution is 6.01. The number of hydrogen-bond acceptors (Lipinski definition) is 28. The van der Waals surface area contributed by atoms with Crippen molar-refractivity contribution in [3.05, 3.63) is 0 Å². The third-order valence-corrected chi connectivity index (χ3v) is 21.6. The fourth-order valence-electron chi connectivity index (χ4n) is 14.5. The van der Waals surface area contributed by atoms with Gasteiger partial charge in [-0.15, -0.1) is 0 Å². The van der Waals surface area contributed by atoms with Crippen molar-refractivity contribution in [2.24, 2.45) is 40.5 Å². The van der Waals surface area contributed by atoms with Gasteiger partial charge < -0.3 is 148 Å². The Morgan fingerprint density at radius 1 is 0.305 bits per heavy atom. The van der Waals surface area contributed by atoms with Gasteiger partial charge in [0.2, 0.25) is 94.5 Å². The van der Waals surface area contributed by atoms with Crippen LogP contribution in [0.5, 0.6) is 0 Å². The minimum Gasteiger partial charge on any atom is -0.481 e. The lowest BCUT2D eigenvalue weighted by atomic mass is 10.0. The lowest BCUT2D eigenvalue weighted by molar-refractivity contribution is -0.146. The number of carboxylic acids is 5. The smallest absolute Gasteiger partial charge is 0.322 e. The van der Waals surface area contributed by atoms with Gasteiger partial charge in [-0.25, -0.2) is 0 Å². The molecule has 128 heavy (non-hydrogen) atoms. The van der Waals surface area contributed by atoms with Gasteiger partial charge in [-0.3, -0.25) is 101 Å². The maximum atomic E-state index is 14.8. The van der Waals surface area contributed by atoms with E-state index in [1.165, 1.54) is 18.7 Å². The van der Waals surface area contributed by atoms with Crippen molar-refractivity contribution < 1.29 is 136 Å². The molecule has 3 heterocycles. The Morgan fingerprint density at radius 2 is 0.586 bits per heavy atom. The molecule has 0 bridgehead atoms. The highest BCUT2D eigenvalue weighted by Crippen LogP contribution is 2.25. The van der Waals surface area contributed by atoms with Gasteiger partial charge in [0.25, 0.3) is 0 Å². The summed E-state index contributed by atoms with van der Waals surface area (Å²) in [6, 6.07) is -22.4. The molecule has 16 amide bonds. The third kappa shape index (κ3) is 38.3. The average molecular weight is 1830 g/mol. The number of aliphatic hydroxyl groups is 2. The van der Waals surface area contributed by atoms with Crippen molar-refractivity contribution in [3.8, 4) is 0 Å². The van der Waals surface area contributed by atoms with Crippen LogP contribution >= 0.6 is 0 Å². The van der Waals surface area contributed by atoms with Crippen LogP contribution in [0.2, 0.25) is 0 Å². The molecule has 0 aromatic carbocycles. The van der Waals surface area contributed by atoms with Gasteiger partial charge in [-0.2, -0.15) is 0 Å². The largest absolute Gasteiger partial charge is 0.481 e. The van der Waals surface area contributed by atoms with Gasteiger partial charge >= 0.3 is 29.8 Å². The predicted octanol–water partition coefficient (Wildman–Crippen LogP) is -8.79. The molecule has 3 aliphatic rings. The van der Waals surface area contributed by atoms with Crippen LogP contribution in [0.1, 0.15) is 195 Å². The summed E-state index contributed by atoms with van der Waals surface area (Å²) in [5, 5.41) is 99.8. The van der Waals surface area contributed by atoms with E-state index in [0.717, 1.165) is 9.80 Å². The molecule has 49 nitrogen and oxygen atoms in total. The van der Waals surface area contributed by atoms with E-state index < -0.39 is 298 Å². The van der Waals surface area contributed by atoms with Crippen LogP contribution in [0.25, 0.3) is 0 Å². The molecule has 0 spiro atoms. The second-order valence-electron chi connectivity index (χ2n) is 32.3. The summed E-state index contributed by atoms with van der Waals surface area (Å²) in [6.45, 7) is 3.02. The van der Waals surface area contributed by atoms with Gasteiger partial charge in [0.05, 0.1) is 25.8 Å². The monoisotopic (exact) mass is 1820 g/mol. The van der Waals surface area contributed by atoms with E-state index >= 15 is 0 Å². The minimum absolute atomic E-state index is 0.00840. The molecule has 30 N–H and O–H groups in total. The molecule has 0 radical (unpaired) electrons. The molecule has 49 heteroatoms. The van der Waals surface area contributed by atoms with Crippen molar-refractivity contribution in [1.29, 1.82) is 0 Å². The standard InChI is InChI=1S/C79H133N21O28/c1-42(2)63(76(125)93-51(26-30-61(110)111)72(121)91-50(25-29-60(108)109)71(120)90-46(17-6-10-32-81)67(116)86-39-62(112)113)96-74(123)55-21-13-35-98(55)78(127)53(41-102)95-69(118)48(19-8-12-34-83)92-73(122)54-20-15-37-100(54)79(128)64(43(3)4)97-75(124)56-22-14-36-99(56)77(126)52(40-101)94-68(117)47(18-7-11-33-82)87-57(103)38-85-66(115)45(16-5-9-31-80)89-70(119)49(24-28-59(106)107)88-65(114)44(84)23-27-58(104)105/h42-56,63-64,101-102H,5-41,80-84H2,1-4H3,(H,85,115)(H,86,116)(H,87,103)(H,88,114)(H,89,119)(H,90,120)(H,91,121)(H,92,122)(H,93,125)(H,94,117)(H,95,118)(H,96,123)(H,97,124)(H,104,105)(H,106,107)(H,108,109)(H,110,111)(H,112,113)/t44-,45-,46-,47-,48-,49-,50-,51-,52-,53-,54-,55-,56-,63-,64-/m0/s1.